The summed E-state index contributed by atoms with van der Waals surface area (Å²) in [5.74, 6) is -1.68. The number of primary amides is 1. The Balaban J connectivity index is 2.16. The van der Waals surface area contributed by atoms with Crippen LogP contribution in [0.2, 0.25) is 5.02 Å². The number of hydrogen-bond donors (Lipinski definition) is 1. The summed E-state index contributed by atoms with van der Waals surface area (Å²) < 4.78 is 14.6. The SMILES string of the molecule is C[C@H](c1cc(Cl)ccc1F)N(C(=O)c1ccccc1)[C@H](C(N)=O)c1ccccc1. The third-order valence-electron chi connectivity index (χ3n) is 4.74. The lowest BCUT2D eigenvalue weighted by Crippen LogP contribution is -2.43. The second kappa shape index (κ2) is 8.88. The zero-order chi connectivity index (χ0) is 21.0. The summed E-state index contributed by atoms with van der Waals surface area (Å²) in [6.07, 6.45) is 0. The minimum atomic E-state index is -1.09. The van der Waals surface area contributed by atoms with Gasteiger partial charge >= 0.3 is 0 Å². The third-order valence-corrected chi connectivity index (χ3v) is 4.98. The Hall–Kier alpha value is -3.18. The lowest BCUT2D eigenvalue weighted by atomic mass is 9.97. The summed E-state index contributed by atoms with van der Waals surface area (Å²) in [5, 5.41) is 0.329. The van der Waals surface area contributed by atoms with Crippen LogP contribution in [-0.4, -0.2) is 16.7 Å². The molecule has 3 aromatic carbocycles. The maximum atomic E-state index is 14.6. The van der Waals surface area contributed by atoms with Crippen molar-refractivity contribution in [1.29, 1.82) is 0 Å². The number of halogens is 2. The highest BCUT2D eigenvalue weighted by atomic mass is 35.5. The molecule has 0 aliphatic heterocycles. The highest BCUT2D eigenvalue weighted by Gasteiger charge is 2.35. The average molecular weight is 411 g/mol. The first kappa shape index (κ1) is 20.6. The molecular weight excluding hydrogens is 391 g/mol. The van der Waals surface area contributed by atoms with Crippen molar-refractivity contribution in [2.24, 2.45) is 5.73 Å². The van der Waals surface area contributed by atoms with Crippen molar-refractivity contribution in [3.8, 4) is 0 Å². The molecule has 2 N–H and O–H groups in total. The predicted octanol–water partition coefficient (Wildman–Crippen LogP) is 4.91. The Kier molecular flexibility index (Phi) is 6.29. The Morgan fingerprint density at radius 3 is 2.14 bits per heavy atom. The molecule has 0 radical (unpaired) electrons. The van der Waals surface area contributed by atoms with Crippen LogP contribution in [0.15, 0.2) is 78.9 Å². The number of nitrogens with zero attached hydrogens (tertiary/aromatic N) is 1. The van der Waals surface area contributed by atoms with E-state index in [1.165, 1.54) is 23.1 Å². The molecule has 0 bridgehead atoms. The van der Waals surface area contributed by atoms with Crippen molar-refractivity contribution < 1.29 is 14.0 Å². The maximum absolute atomic E-state index is 14.6. The minimum Gasteiger partial charge on any atom is -0.368 e. The van der Waals surface area contributed by atoms with Crippen LogP contribution in [0.3, 0.4) is 0 Å². The van der Waals surface area contributed by atoms with Gasteiger partial charge in [0.2, 0.25) is 5.91 Å². The molecule has 0 heterocycles. The van der Waals surface area contributed by atoms with Crippen molar-refractivity contribution >= 4 is 23.4 Å². The fourth-order valence-electron chi connectivity index (χ4n) is 3.33. The molecular formula is C23H20ClFN2O2. The molecule has 0 aliphatic carbocycles. The first-order valence-electron chi connectivity index (χ1n) is 9.07. The van der Waals surface area contributed by atoms with Crippen LogP contribution in [0.4, 0.5) is 4.39 Å². The van der Waals surface area contributed by atoms with Crippen molar-refractivity contribution in [2.75, 3.05) is 0 Å². The van der Waals surface area contributed by atoms with Crippen LogP contribution in [0.1, 0.15) is 40.5 Å². The van der Waals surface area contributed by atoms with E-state index in [9.17, 15) is 14.0 Å². The average Bonchev–Trinajstić information content (AvgIpc) is 2.73. The van der Waals surface area contributed by atoms with Crippen LogP contribution >= 0.6 is 11.6 Å². The van der Waals surface area contributed by atoms with Gasteiger partial charge in [0.1, 0.15) is 11.9 Å². The molecule has 3 aromatic rings. The Morgan fingerprint density at radius 2 is 1.55 bits per heavy atom. The number of carbonyl (C=O) groups excluding carboxylic acids is 2. The van der Waals surface area contributed by atoms with Gasteiger partial charge in [-0.25, -0.2) is 4.39 Å². The molecule has 4 nitrogen and oxygen atoms in total. The highest BCUT2D eigenvalue weighted by molar-refractivity contribution is 6.30. The summed E-state index contributed by atoms with van der Waals surface area (Å²) in [4.78, 5) is 27.2. The van der Waals surface area contributed by atoms with E-state index in [4.69, 9.17) is 17.3 Å². The van der Waals surface area contributed by atoms with E-state index in [-0.39, 0.29) is 5.56 Å². The maximum Gasteiger partial charge on any atom is 0.255 e. The monoisotopic (exact) mass is 410 g/mol. The Bertz CT molecular complexity index is 1010. The molecule has 0 spiro atoms. The molecule has 6 heteroatoms. The van der Waals surface area contributed by atoms with Crippen LogP contribution in [0.5, 0.6) is 0 Å². The molecule has 148 valence electrons. The lowest BCUT2D eigenvalue weighted by Gasteiger charge is -2.35. The van der Waals surface area contributed by atoms with E-state index >= 15 is 0 Å². The molecule has 0 fully saturated rings. The van der Waals surface area contributed by atoms with Crippen LogP contribution < -0.4 is 5.73 Å². The smallest absolute Gasteiger partial charge is 0.255 e. The molecule has 0 saturated heterocycles. The van der Waals surface area contributed by atoms with E-state index in [0.29, 0.717) is 16.1 Å². The summed E-state index contributed by atoms with van der Waals surface area (Å²) in [5.41, 5.74) is 6.82. The largest absolute Gasteiger partial charge is 0.368 e. The molecule has 0 aromatic heterocycles. The van der Waals surface area contributed by atoms with Gasteiger partial charge in [0, 0.05) is 16.1 Å². The first-order chi connectivity index (χ1) is 13.9. The first-order valence-corrected chi connectivity index (χ1v) is 9.45. The van der Waals surface area contributed by atoms with Crippen molar-refractivity contribution in [2.45, 2.75) is 19.0 Å². The van der Waals surface area contributed by atoms with Gasteiger partial charge in [0.15, 0.2) is 0 Å². The van der Waals surface area contributed by atoms with E-state index < -0.39 is 29.7 Å². The fourth-order valence-corrected chi connectivity index (χ4v) is 3.51. The van der Waals surface area contributed by atoms with Gasteiger partial charge in [-0.2, -0.15) is 0 Å². The van der Waals surface area contributed by atoms with E-state index in [0.717, 1.165) is 0 Å². The molecule has 29 heavy (non-hydrogen) atoms. The van der Waals surface area contributed by atoms with Crippen LogP contribution in [0, 0.1) is 5.82 Å². The summed E-state index contributed by atoms with van der Waals surface area (Å²) in [6, 6.07) is 19.4. The van der Waals surface area contributed by atoms with Gasteiger partial charge in [0.25, 0.3) is 5.91 Å². The van der Waals surface area contributed by atoms with E-state index in [1.807, 2.05) is 0 Å². The molecule has 0 unspecified atom stereocenters. The summed E-state index contributed by atoms with van der Waals surface area (Å²) in [7, 11) is 0. The number of rotatable bonds is 6. The third kappa shape index (κ3) is 4.46. The summed E-state index contributed by atoms with van der Waals surface area (Å²) >= 11 is 6.06. The predicted molar refractivity (Wildman–Crippen MR) is 111 cm³/mol. The van der Waals surface area contributed by atoms with Gasteiger partial charge in [-0.05, 0) is 42.8 Å². The number of nitrogens with two attached hydrogens (primary N) is 1. The Labute approximate surface area is 173 Å². The van der Waals surface area contributed by atoms with Gasteiger partial charge in [0.05, 0.1) is 6.04 Å². The van der Waals surface area contributed by atoms with E-state index in [2.05, 4.69) is 0 Å². The van der Waals surface area contributed by atoms with Crippen molar-refractivity contribution in [3.05, 3.63) is 106 Å². The molecule has 3 rings (SSSR count). The van der Waals surface area contributed by atoms with E-state index in [1.54, 1.807) is 67.6 Å². The van der Waals surface area contributed by atoms with Gasteiger partial charge in [-0.15, -0.1) is 0 Å². The molecule has 0 saturated carbocycles. The quantitative estimate of drug-likeness (QED) is 0.627. The Morgan fingerprint density at radius 1 is 0.966 bits per heavy atom. The molecule has 2 amide bonds. The fraction of sp³-hybridized carbons (Fsp3) is 0.130. The second-order valence-electron chi connectivity index (χ2n) is 6.64. The zero-order valence-corrected chi connectivity index (χ0v) is 16.5. The molecule has 2 atom stereocenters. The van der Waals surface area contributed by atoms with Gasteiger partial charge < -0.3 is 10.6 Å². The topological polar surface area (TPSA) is 63.4 Å². The van der Waals surface area contributed by atoms with Gasteiger partial charge in [-0.3, -0.25) is 9.59 Å². The summed E-state index contributed by atoms with van der Waals surface area (Å²) in [6.45, 7) is 1.65. The molecule has 0 aliphatic rings. The standard InChI is InChI=1S/C23H20ClFN2O2/c1-15(19-14-18(24)12-13-20(19)25)27(23(29)17-10-6-3-7-11-17)21(22(26)28)16-8-4-2-5-9-16/h2-15,21H,1H3,(H2,26,28)/t15-,21+/m1/s1. The van der Waals surface area contributed by atoms with Crippen LogP contribution in [0.25, 0.3) is 0 Å². The number of hydrogen-bond acceptors (Lipinski definition) is 2. The lowest BCUT2D eigenvalue weighted by molar-refractivity contribution is -0.123. The van der Waals surface area contributed by atoms with Gasteiger partial charge in [-0.1, -0.05) is 60.1 Å². The normalized spacial score (nSPS) is 12.8. The van der Waals surface area contributed by atoms with Crippen molar-refractivity contribution in [1.82, 2.24) is 4.90 Å². The van der Waals surface area contributed by atoms with Crippen molar-refractivity contribution in [3.63, 3.8) is 0 Å². The second-order valence-corrected chi connectivity index (χ2v) is 7.07. The number of amides is 2. The van der Waals surface area contributed by atoms with Crippen LogP contribution in [-0.2, 0) is 4.79 Å². The zero-order valence-electron chi connectivity index (χ0n) is 15.8. The number of carbonyl (C=O) groups is 2. The number of benzene rings is 3. The minimum absolute atomic E-state index is 0.198. The highest BCUT2D eigenvalue weighted by Crippen LogP contribution is 2.34.